The Morgan fingerprint density at radius 1 is 1.40 bits per heavy atom. The van der Waals surface area contributed by atoms with Crippen LogP contribution in [0.5, 0.6) is 0 Å². The molecular formula is C14H19ClFN3O. The Balaban J connectivity index is 2.14. The summed E-state index contributed by atoms with van der Waals surface area (Å²) in [5, 5.41) is 6.05. The van der Waals surface area contributed by atoms with Crippen LogP contribution in [0, 0.1) is 5.82 Å². The van der Waals surface area contributed by atoms with Crippen LogP contribution in [0.25, 0.3) is 0 Å². The summed E-state index contributed by atoms with van der Waals surface area (Å²) < 4.78 is 13.7. The molecule has 1 fully saturated rings. The molecule has 20 heavy (non-hydrogen) atoms. The Kier molecular flexibility index (Phi) is 4.62. The van der Waals surface area contributed by atoms with Crippen LogP contribution in [0.4, 0.5) is 10.1 Å². The molecule has 0 radical (unpaired) electrons. The van der Waals surface area contributed by atoms with Gasteiger partial charge < -0.3 is 10.6 Å². The van der Waals surface area contributed by atoms with Crippen LogP contribution < -0.4 is 10.6 Å². The molecular weight excluding hydrogens is 281 g/mol. The lowest BCUT2D eigenvalue weighted by Gasteiger charge is -2.39. The van der Waals surface area contributed by atoms with Crippen molar-refractivity contribution in [2.24, 2.45) is 0 Å². The number of amides is 1. The molecule has 0 spiro atoms. The van der Waals surface area contributed by atoms with Crippen LogP contribution in [-0.4, -0.2) is 42.5 Å². The summed E-state index contributed by atoms with van der Waals surface area (Å²) in [6.45, 7) is 6.93. The quantitative estimate of drug-likeness (QED) is 0.898. The second-order valence-electron chi connectivity index (χ2n) is 5.35. The van der Waals surface area contributed by atoms with Gasteiger partial charge in [-0.25, -0.2) is 4.39 Å². The zero-order valence-electron chi connectivity index (χ0n) is 11.7. The molecule has 4 nitrogen and oxygen atoms in total. The number of nitrogens with one attached hydrogen (secondary N) is 2. The molecule has 0 atom stereocenters. The molecule has 1 aromatic rings. The van der Waals surface area contributed by atoms with Crippen LogP contribution >= 0.6 is 11.6 Å². The smallest absolute Gasteiger partial charge is 0.244 e. The largest absolute Gasteiger partial charge is 0.321 e. The Morgan fingerprint density at radius 2 is 2.05 bits per heavy atom. The number of anilines is 1. The summed E-state index contributed by atoms with van der Waals surface area (Å²) in [7, 11) is 0. The van der Waals surface area contributed by atoms with Gasteiger partial charge >= 0.3 is 0 Å². The highest BCUT2D eigenvalue weighted by Gasteiger charge is 2.35. The van der Waals surface area contributed by atoms with E-state index in [0.717, 1.165) is 26.2 Å². The average molecular weight is 300 g/mol. The van der Waals surface area contributed by atoms with Gasteiger partial charge in [0.2, 0.25) is 5.91 Å². The number of rotatable bonds is 3. The van der Waals surface area contributed by atoms with E-state index in [9.17, 15) is 9.18 Å². The topological polar surface area (TPSA) is 44.4 Å². The molecule has 1 aromatic carbocycles. The molecule has 6 heteroatoms. The minimum atomic E-state index is -0.715. The molecule has 0 saturated carbocycles. The van der Waals surface area contributed by atoms with Crippen molar-refractivity contribution in [1.29, 1.82) is 0 Å². The van der Waals surface area contributed by atoms with Crippen molar-refractivity contribution in [2.75, 3.05) is 31.5 Å². The molecule has 0 aliphatic carbocycles. The van der Waals surface area contributed by atoms with Gasteiger partial charge in [-0.3, -0.25) is 9.69 Å². The van der Waals surface area contributed by atoms with Crippen LogP contribution in [-0.2, 0) is 4.79 Å². The van der Waals surface area contributed by atoms with E-state index in [1.165, 1.54) is 12.1 Å². The van der Waals surface area contributed by atoms with E-state index in [1.807, 2.05) is 13.8 Å². The number of nitrogens with zero attached hydrogens (tertiary/aromatic N) is 1. The monoisotopic (exact) mass is 299 g/mol. The number of carbonyl (C=O) groups is 1. The highest BCUT2D eigenvalue weighted by molar-refractivity contribution is 6.33. The van der Waals surface area contributed by atoms with Crippen molar-refractivity contribution in [2.45, 2.75) is 19.4 Å². The van der Waals surface area contributed by atoms with Gasteiger partial charge in [-0.2, -0.15) is 0 Å². The zero-order chi connectivity index (χ0) is 14.8. The van der Waals surface area contributed by atoms with Crippen LogP contribution in [0.15, 0.2) is 18.2 Å². The van der Waals surface area contributed by atoms with Gasteiger partial charge in [0.15, 0.2) is 0 Å². The predicted molar refractivity (Wildman–Crippen MR) is 78.6 cm³/mol. The summed E-state index contributed by atoms with van der Waals surface area (Å²) in [5.74, 6) is -0.784. The van der Waals surface area contributed by atoms with Crippen LogP contribution in [0.2, 0.25) is 5.02 Å². The van der Waals surface area contributed by atoms with Gasteiger partial charge in [0.1, 0.15) is 5.82 Å². The van der Waals surface area contributed by atoms with E-state index in [-0.39, 0.29) is 16.6 Å². The minimum Gasteiger partial charge on any atom is -0.321 e. The molecule has 0 bridgehead atoms. The Labute approximate surface area is 123 Å². The number of benzene rings is 1. The molecule has 2 N–H and O–H groups in total. The molecule has 1 saturated heterocycles. The van der Waals surface area contributed by atoms with E-state index >= 15 is 0 Å². The first-order valence-corrected chi connectivity index (χ1v) is 7.02. The zero-order valence-corrected chi connectivity index (χ0v) is 12.4. The maximum absolute atomic E-state index is 13.7. The highest BCUT2D eigenvalue weighted by atomic mass is 35.5. The fourth-order valence-electron chi connectivity index (χ4n) is 2.25. The second kappa shape index (κ2) is 6.08. The van der Waals surface area contributed by atoms with E-state index in [2.05, 4.69) is 15.5 Å². The summed E-state index contributed by atoms with van der Waals surface area (Å²) in [4.78, 5) is 14.5. The number of carbonyl (C=O) groups excluding carboxylic acids is 1. The predicted octanol–water partition coefficient (Wildman–Crippen LogP) is 2.10. The van der Waals surface area contributed by atoms with E-state index < -0.39 is 11.4 Å². The first-order chi connectivity index (χ1) is 9.43. The van der Waals surface area contributed by atoms with Crippen molar-refractivity contribution in [1.82, 2.24) is 10.2 Å². The molecule has 1 amide bonds. The highest BCUT2D eigenvalue weighted by Crippen LogP contribution is 2.26. The van der Waals surface area contributed by atoms with Gasteiger partial charge in [-0.15, -0.1) is 0 Å². The lowest BCUT2D eigenvalue weighted by Crippen LogP contribution is -2.58. The van der Waals surface area contributed by atoms with Gasteiger partial charge in [0.05, 0.1) is 16.2 Å². The maximum atomic E-state index is 13.7. The first kappa shape index (κ1) is 15.2. The number of halogens is 2. The summed E-state index contributed by atoms with van der Waals surface area (Å²) in [5.41, 5.74) is -0.671. The fraction of sp³-hybridized carbons (Fsp3) is 0.500. The second-order valence-corrected chi connectivity index (χ2v) is 5.75. The fourth-order valence-corrected chi connectivity index (χ4v) is 2.46. The van der Waals surface area contributed by atoms with Gasteiger partial charge in [-0.1, -0.05) is 17.7 Å². The van der Waals surface area contributed by atoms with E-state index in [0.29, 0.717) is 0 Å². The van der Waals surface area contributed by atoms with E-state index in [4.69, 9.17) is 11.6 Å². The Morgan fingerprint density at radius 3 is 2.65 bits per heavy atom. The van der Waals surface area contributed by atoms with Crippen LogP contribution in [0.1, 0.15) is 13.8 Å². The maximum Gasteiger partial charge on any atom is 0.244 e. The summed E-state index contributed by atoms with van der Waals surface area (Å²) in [6, 6.07) is 4.34. The molecule has 2 rings (SSSR count). The van der Waals surface area contributed by atoms with Crippen molar-refractivity contribution in [3.63, 3.8) is 0 Å². The third-order valence-corrected chi connectivity index (χ3v) is 3.98. The first-order valence-electron chi connectivity index (χ1n) is 6.64. The molecule has 0 unspecified atom stereocenters. The minimum absolute atomic E-state index is 0.0439. The Bertz CT molecular complexity index is 481. The molecule has 1 heterocycles. The molecule has 1 aliphatic rings. The lowest BCUT2D eigenvalue weighted by molar-refractivity contribution is -0.126. The standard InChI is InChI=1S/C14H19ClFN3O/c1-14(2,19-8-6-17-7-9-19)13(20)18-12-10(15)4-3-5-11(12)16/h3-5,17H,6-9H2,1-2H3,(H,18,20). The number of para-hydroxylation sites is 1. The number of piperazine rings is 1. The number of hydrogen-bond donors (Lipinski definition) is 2. The van der Waals surface area contributed by atoms with Gasteiger partial charge in [0, 0.05) is 26.2 Å². The average Bonchev–Trinajstić information content (AvgIpc) is 2.43. The summed E-state index contributed by atoms with van der Waals surface area (Å²) >= 11 is 5.93. The molecule has 0 aromatic heterocycles. The third-order valence-electron chi connectivity index (χ3n) is 3.66. The lowest BCUT2D eigenvalue weighted by atomic mass is 10.0. The van der Waals surface area contributed by atoms with Crippen molar-refractivity contribution < 1.29 is 9.18 Å². The Hall–Kier alpha value is -1.17. The van der Waals surface area contributed by atoms with Gasteiger partial charge in [-0.05, 0) is 26.0 Å². The van der Waals surface area contributed by atoms with Crippen molar-refractivity contribution in [3.8, 4) is 0 Å². The van der Waals surface area contributed by atoms with Crippen molar-refractivity contribution >= 4 is 23.2 Å². The molecule has 110 valence electrons. The normalized spacial score (nSPS) is 17.0. The van der Waals surface area contributed by atoms with Gasteiger partial charge in [0.25, 0.3) is 0 Å². The summed E-state index contributed by atoms with van der Waals surface area (Å²) in [6.07, 6.45) is 0. The number of hydrogen-bond acceptors (Lipinski definition) is 3. The van der Waals surface area contributed by atoms with Crippen molar-refractivity contribution in [3.05, 3.63) is 29.0 Å². The molecule has 1 aliphatic heterocycles. The van der Waals surface area contributed by atoms with E-state index in [1.54, 1.807) is 6.07 Å². The van der Waals surface area contributed by atoms with Crippen LogP contribution in [0.3, 0.4) is 0 Å². The third kappa shape index (κ3) is 3.11. The SMILES string of the molecule is CC(C)(C(=O)Nc1c(F)cccc1Cl)N1CCNCC1.